The van der Waals surface area contributed by atoms with Crippen molar-refractivity contribution in [2.24, 2.45) is 0 Å². The lowest BCUT2D eigenvalue weighted by Gasteiger charge is -2.37. The van der Waals surface area contributed by atoms with E-state index in [2.05, 4.69) is 15.6 Å². The molecule has 0 radical (unpaired) electrons. The largest absolute Gasteiger partial charge is 0.490 e. The van der Waals surface area contributed by atoms with Gasteiger partial charge < -0.3 is 25.7 Å². The molecule has 0 unspecified atom stereocenters. The lowest BCUT2D eigenvalue weighted by molar-refractivity contribution is -0.193. The number of carboxylic acid groups (broad SMARTS) is 2. The van der Waals surface area contributed by atoms with Crippen molar-refractivity contribution in [2.45, 2.75) is 37.8 Å². The topological polar surface area (TPSA) is 132 Å². The molecule has 2 aliphatic heterocycles. The van der Waals surface area contributed by atoms with E-state index in [9.17, 15) is 31.1 Å². The Kier molecular flexibility index (Phi) is 9.02. The van der Waals surface area contributed by atoms with E-state index in [-0.39, 0.29) is 6.03 Å². The molecule has 9 nitrogen and oxygen atoms in total. The van der Waals surface area contributed by atoms with Gasteiger partial charge in [-0.25, -0.2) is 14.4 Å². The van der Waals surface area contributed by atoms with Crippen LogP contribution in [0, 0.1) is 0 Å². The van der Waals surface area contributed by atoms with Gasteiger partial charge in [0.2, 0.25) is 0 Å². The van der Waals surface area contributed by atoms with E-state index >= 15 is 0 Å². The number of fused-ring (bicyclic) bond motifs is 1. The maximum Gasteiger partial charge on any atom is 0.490 e. The second kappa shape index (κ2) is 10.8. The minimum absolute atomic E-state index is 0.0115. The molecule has 1 saturated heterocycles. The van der Waals surface area contributed by atoms with Gasteiger partial charge in [-0.15, -0.1) is 0 Å². The first-order valence-electron chi connectivity index (χ1n) is 8.55. The predicted molar refractivity (Wildman–Crippen MR) is 92.1 cm³/mol. The number of pyridine rings is 1. The summed E-state index contributed by atoms with van der Waals surface area (Å²) in [7, 11) is 0. The van der Waals surface area contributed by atoms with E-state index in [0.717, 1.165) is 37.2 Å². The molecule has 1 aromatic heterocycles. The summed E-state index contributed by atoms with van der Waals surface area (Å²) in [5.74, 6) is -5.51. The van der Waals surface area contributed by atoms with E-state index in [0.29, 0.717) is 12.6 Å². The Hall–Kier alpha value is -3.10. The van der Waals surface area contributed by atoms with Gasteiger partial charge in [-0.2, -0.15) is 26.3 Å². The molecule has 2 amide bonds. The molecule has 2 aliphatic rings. The lowest BCUT2D eigenvalue weighted by atomic mass is 10.0. The number of hydrogen-bond acceptors (Lipinski definition) is 5. The summed E-state index contributed by atoms with van der Waals surface area (Å²) < 4.78 is 63.5. The smallest absolute Gasteiger partial charge is 0.475 e. The van der Waals surface area contributed by atoms with Crippen LogP contribution in [0.1, 0.15) is 18.4 Å². The van der Waals surface area contributed by atoms with E-state index in [1.165, 1.54) is 0 Å². The number of carbonyl (C=O) groups excluding carboxylic acids is 1. The molecule has 3 rings (SSSR count). The summed E-state index contributed by atoms with van der Waals surface area (Å²) in [6, 6.07) is 2.35. The van der Waals surface area contributed by atoms with Crippen molar-refractivity contribution >= 4 is 23.7 Å². The first-order valence-corrected chi connectivity index (χ1v) is 8.55. The van der Waals surface area contributed by atoms with Crippen LogP contribution in [0.3, 0.4) is 0 Å². The summed E-state index contributed by atoms with van der Waals surface area (Å²) in [6.07, 6.45) is -4.61. The van der Waals surface area contributed by atoms with Crippen molar-refractivity contribution in [1.29, 1.82) is 0 Å². The standard InChI is InChI=1S/C12H16N4O.2C2HF3O2/c17-12-15-11-7-14-4-1-9(11)8-16(12)10-2-5-13-6-3-10;2*3-2(4,5)1(6)7/h1,4,7,10,13H,2-3,5-6,8H2,(H,15,17);2*(H,6,7). The summed E-state index contributed by atoms with van der Waals surface area (Å²) >= 11 is 0. The molecule has 0 saturated carbocycles. The molecular formula is C16H18F6N4O5. The molecule has 0 aliphatic carbocycles. The van der Waals surface area contributed by atoms with Gasteiger partial charge in [0.1, 0.15) is 0 Å². The van der Waals surface area contributed by atoms with Gasteiger partial charge in [0, 0.05) is 18.8 Å². The minimum atomic E-state index is -5.08. The van der Waals surface area contributed by atoms with Crippen molar-refractivity contribution in [1.82, 2.24) is 15.2 Å². The second-order valence-corrected chi connectivity index (χ2v) is 6.18. The van der Waals surface area contributed by atoms with Crippen LogP contribution in [0.5, 0.6) is 0 Å². The van der Waals surface area contributed by atoms with Crippen LogP contribution in [0.4, 0.5) is 36.8 Å². The summed E-state index contributed by atoms with van der Waals surface area (Å²) in [4.78, 5) is 35.8. The molecule has 0 spiro atoms. The van der Waals surface area contributed by atoms with Gasteiger partial charge in [0.05, 0.1) is 11.9 Å². The number of nitrogens with zero attached hydrogens (tertiary/aromatic N) is 2. The third kappa shape index (κ3) is 8.65. The number of hydrogen-bond donors (Lipinski definition) is 4. The Morgan fingerprint density at radius 3 is 1.97 bits per heavy atom. The van der Waals surface area contributed by atoms with Crippen LogP contribution >= 0.6 is 0 Å². The van der Waals surface area contributed by atoms with Crippen LogP contribution < -0.4 is 10.6 Å². The molecule has 3 heterocycles. The summed E-state index contributed by atoms with van der Waals surface area (Å²) in [6.45, 7) is 2.70. The van der Waals surface area contributed by atoms with Crippen molar-refractivity contribution < 1.29 is 50.9 Å². The van der Waals surface area contributed by atoms with E-state index in [1.807, 2.05) is 11.0 Å². The highest BCUT2D eigenvalue weighted by molar-refractivity contribution is 5.92. The Labute approximate surface area is 171 Å². The Bertz CT molecular complexity index is 756. The number of carbonyl (C=O) groups is 3. The molecule has 15 heteroatoms. The van der Waals surface area contributed by atoms with Gasteiger partial charge >= 0.3 is 30.3 Å². The number of urea groups is 1. The van der Waals surface area contributed by atoms with Crippen LogP contribution in [-0.4, -0.2) is 69.6 Å². The van der Waals surface area contributed by atoms with E-state index < -0.39 is 24.3 Å². The van der Waals surface area contributed by atoms with E-state index in [4.69, 9.17) is 19.8 Å². The number of piperidine rings is 1. The molecule has 174 valence electrons. The number of halogens is 6. The van der Waals surface area contributed by atoms with Crippen molar-refractivity contribution in [2.75, 3.05) is 18.4 Å². The van der Waals surface area contributed by atoms with Gasteiger partial charge in [0.25, 0.3) is 0 Å². The molecule has 4 N–H and O–H groups in total. The molecule has 1 aromatic rings. The third-order valence-electron chi connectivity index (χ3n) is 3.99. The Morgan fingerprint density at radius 2 is 1.52 bits per heavy atom. The van der Waals surface area contributed by atoms with Crippen LogP contribution in [0.25, 0.3) is 0 Å². The van der Waals surface area contributed by atoms with Gasteiger partial charge in [-0.1, -0.05) is 0 Å². The molecule has 1 fully saturated rings. The van der Waals surface area contributed by atoms with Gasteiger partial charge in [-0.3, -0.25) is 4.98 Å². The number of nitrogens with one attached hydrogen (secondary N) is 2. The Balaban J connectivity index is 0.000000288. The zero-order valence-corrected chi connectivity index (χ0v) is 15.6. The fraction of sp³-hybridized carbons (Fsp3) is 0.500. The first kappa shape index (κ1) is 25.9. The quantitative estimate of drug-likeness (QED) is 0.474. The maximum absolute atomic E-state index is 12.0. The van der Waals surface area contributed by atoms with E-state index in [1.54, 1.807) is 12.4 Å². The molecule has 31 heavy (non-hydrogen) atoms. The number of carboxylic acids is 2. The van der Waals surface area contributed by atoms with Crippen molar-refractivity contribution in [3.8, 4) is 0 Å². The predicted octanol–water partition coefficient (Wildman–Crippen LogP) is 2.45. The fourth-order valence-electron chi connectivity index (χ4n) is 2.53. The maximum atomic E-state index is 12.0. The number of aliphatic carboxylic acids is 2. The van der Waals surface area contributed by atoms with Gasteiger partial charge in [-0.05, 0) is 37.6 Å². The van der Waals surface area contributed by atoms with Crippen LogP contribution in [0.15, 0.2) is 18.5 Å². The number of aromatic nitrogens is 1. The Morgan fingerprint density at radius 1 is 1.03 bits per heavy atom. The highest BCUT2D eigenvalue weighted by atomic mass is 19.4. The number of alkyl halides is 6. The summed E-state index contributed by atoms with van der Waals surface area (Å²) in [5.41, 5.74) is 2.00. The van der Waals surface area contributed by atoms with Crippen molar-refractivity contribution in [3.05, 3.63) is 24.0 Å². The molecule has 0 aromatic carbocycles. The molecule has 0 atom stereocenters. The zero-order valence-electron chi connectivity index (χ0n) is 15.6. The molecule has 0 bridgehead atoms. The number of amides is 2. The number of rotatable bonds is 1. The SMILES string of the molecule is O=C(O)C(F)(F)F.O=C(O)C(F)(F)F.O=C1Nc2cnccc2CN1C1CCNCC1. The molecular weight excluding hydrogens is 442 g/mol. The second-order valence-electron chi connectivity index (χ2n) is 6.18. The van der Waals surface area contributed by atoms with Gasteiger partial charge in [0.15, 0.2) is 0 Å². The summed E-state index contributed by atoms with van der Waals surface area (Å²) in [5, 5.41) is 20.5. The number of anilines is 1. The van der Waals surface area contributed by atoms with Crippen molar-refractivity contribution in [3.63, 3.8) is 0 Å². The highest BCUT2D eigenvalue weighted by Crippen LogP contribution is 2.25. The fourth-order valence-corrected chi connectivity index (χ4v) is 2.53. The monoisotopic (exact) mass is 460 g/mol. The average molecular weight is 460 g/mol. The average Bonchev–Trinajstić information content (AvgIpc) is 2.67. The van der Waals surface area contributed by atoms with Crippen LogP contribution in [0.2, 0.25) is 0 Å². The third-order valence-corrected chi connectivity index (χ3v) is 3.99. The first-order chi connectivity index (χ1) is 14.2. The highest BCUT2D eigenvalue weighted by Gasteiger charge is 2.38. The minimum Gasteiger partial charge on any atom is -0.475 e. The zero-order chi connectivity index (χ0) is 23.8. The lowest BCUT2D eigenvalue weighted by Crippen LogP contribution is -2.49. The van der Waals surface area contributed by atoms with Crippen LogP contribution in [-0.2, 0) is 16.1 Å². The normalized spacial score (nSPS) is 16.6.